The fourth-order valence-electron chi connectivity index (χ4n) is 1.26. The molecule has 0 saturated heterocycles. The van der Waals surface area contributed by atoms with E-state index < -0.39 is 37.5 Å². The van der Waals surface area contributed by atoms with Gasteiger partial charge in [-0.2, -0.15) is 0 Å². The molecule has 1 rings (SSSR count). The number of alkyl halides is 5. The average molecular weight is 272 g/mol. The summed E-state index contributed by atoms with van der Waals surface area (Å²) >= 11 is 0. The molecular weight excluding hydrogens is 263 g/mol. The molecule has 0 aromatic carbocycles. The van der Waals surface area contributed by atoms with Crippen LogP contribution < -0.4 is 10.5 Å². The van der Waals surface area contributed by atoms with Gasteiger partial charge in [0.2, 0.25) is 5.88 Å². The smallest absolute Gasteiger partial charge is 0.392 e. The molecule has 18 heavy (non-hydrogen) atoms. The second-order valence-electron chi connectivity index (χ2n) is 3.21. The van der Waals surface area contributed by atoms with Crippen LogP contribution in [0.25, 0.3) is 0 Å². The van der Waals surface area contributed by atoms with Crippen molar-refractivity contribution in [2.24, 2.45) is 5.73 Å². The second-order valence-corrected chi connectivity index (χ2v) is 3.21. The van der Waals surface area contributed by atoms with Crippen molar-refractivity contribution in [3.63, 3.8) is 0 Å². The van der Waals surface area contributed by atoms with E-state index in [4.69, 9.17) is 10.8 Å². The summed E-state index contributed by atoms with van der Waals surface area (Å²) in [6.45, 7) is -1.18. The molecule has 102 valence electrons. The van der Waals surface area contributed by atoms with E-state index in [2.05, 4.69) is 9.72 Å². The zero-order valence-corrected chi connectivity index (χ0v) is 8.84. The highest BCUT2D eigenvalue weighted by Gasteiger charge is 2.33. The molecular formula is C9H9F5N2O2. The molecule has 0 fully saturated rings. The van der Waals surface area contributed by atoms with Gasteiger partial charge in [-0.15, -0.1) is 13.2 Å². The maximum atomic E-state index is 12.5. The highest BCUT2D eigenvalue weighted by atomic mass is 19.4. The van der Waals surface area contributed by atoms with Crippen molar-refractivity contribution in [2.75, 3.05) is 0 Å². The van der Waals surface area contributed by atoms with E-state index in [-0.39, 0.29) is 11.1 Å². The number of rotatable bonds is 4. The van der Waals surface area contributed by atoms with E-state index in [1.165, 1.54) is 0 Å². The molecule has 4 nitrogen and oxygen atoms in total. The fraction of sp³-hybridized carbons (Fsp3) is 0.444. The first-order valence-corrected chi connectivity index (χ1v) is 4.66. The van der Waals surface area contributed by atoms with Crippen LogP contribution in [0.3, 0.4) is 0 Å². The van der Waals surface area contributed by atoms with Gasteiger partial charge in [0.25, 0.3) is 6.43 Å². The van der Waals surface area contributed by atoms with Gasteiger partial charge >= 0.3 is 6.36 Å². The number of aliphatic hydroxyl groups is 1. The number of aromatic nitrogens is 1. The van der Waals surface area contributed by atoms with Crippen LogP contribution in [0.5, 0.6) is 5.88 Å². The Balaban J connectivity index is 3.27. The van der Waals surface area contributed by atoms with Crippen LogP contribution in [0.4, 0.5) is 22.0 Å². The summed E-state index contributed by atoms with van der Waals surface area (Å²) in [7, 11) is 0. The Bertz CT molecular complexity index is 422. The zero-order chi connectivity index (χ0) is 13.9. The Morgan fingerprint density at radius 2 is 1.94 bits per heavy atom. The Morgan fingerprint density at radius 3 is 2.33 bits per heavy atom. The van der Waals surface area contributed by atoms with Crippen molar-refractivity contribution in [1.29, 1.82) is 0 Å². The topological polar surface area (TPSA) is 68.4 Å². The standard InChI is InChI=1S/C9H9F5N2O2/c10-7(11)6-5(3-17)1-4(2-15)8(16-6)18-9(12,13)14/h1,7,17H,2-3,15H2. The van der Waals surface area contributed by atoms with Gasteiger partial charge in [0, 0.05) is 17.7 Å². The van der Waals surface area contributed by atoms with Gasteiger partial charge in [0.1, 0.15) is 5.69 Å². The predicted octanol–water partition coefficient (Wildman–Crippen LogP) is 1.87. The average Bonchev–Trinajstić information content (AvgIpc) is 2.26. The van der Waals surface area contributed by atoms with Crippen LogP contribution >= 0.6 is 0 Å². The number of nitrogens with two attached hydrogens (primary N) is 1. The SMILES string of the molecule is NCc1cc(CO)c(C(F)F)nc1OC(F)(F)F. The molecule has 0 atom stereocenters. The molecule has 0 aliphatic carbocycles. The number of aliphatic hydroxyl groups excluding tert-OH is 1. The molecule has 1 aromatic rings. The Kier molecular flexibility index (Phi) is 4.41. The highest BCUT2D eigenvalue weighted by molar-refractivity contribution is 5.35. The Morgan fingerprint density at radius 1 is 1.33 bits per heavy atom. The molecule has 0 radical (unpaired) electrons. The maximum absolute atomic E-state index is 12.5. The van der Waals surface area contributed by atoms with Crippen LogP contribution in [0.15, 0.2) is 6.07 Å². The van der Waals surface area contributed by atoms with Gasteiger partial charge in [0.15, 0.2) is 0 Å². The van der Waals surface area contributed by atoms with Crippen LogP contribution in [0.2, 0.25) is 0 Å². The summed E-state index contributed by atoms with van der Waals surface area (Å²) in [6, 6.07) is 0.912. The van der Waals surface area contributed by atoms with E-state index in [0.29, 0.717) is 0 Å². The van der Waals surface area contributed by atoms with Gasteiger partial charge in [-0.1, -0.05) is 0 Å². The van der Waals surface area contributed by atoms with Crippen LogP contribution in [0, 0.1) is 0 Å². The van der Waals surface area contributed by atoms with Crippen molar-refractivity contribution in [3.05, 3.63) is 22.9 Å². The van der Waals surface area contributed by atoms with Gasteiger partial charge in [-0.25, -0.2) is 13.8 Å². The molecule has 1 aromatic heterocycles. The first-order valence-electron chi connectivity index (χ1n) is 4.66. The molecule has 0 aliphatic heterocycles. The third kappa shape index (κ3) is 3.50. The highest BCUT2D eigenvalue weighted by Crippen LogP contribution is 2.30. The summed E-state index contributed by atoms with van der Waals surface area (Å²) in [5, 5.41) is 8.83. The van der Waals surface area contributed by atoms with Gasteiger partial charge in [0.05, 0.1) is 6.61 Å². The monoisotopic (exact) mass is 272 g/mol. The molecule has 9 heteroatoms. The van der Waals surface area contributed by atoms with Gasteiger partial charge < -0.3 is 15.6 Å². The number of nitrogens with zero attached hydrogens (tertiary/aromatic N) is 1. The largest absolute Gasteiger partial charge is 0.574 e. The van der Waals surface area contributed by atoms with E-state index in [0.717, 1.165) is 6.07 Å². The lowest BCUT2D eigenvalue weighted by Crippen LogP contribution is -2.20. The zero-order valence-electron chi connectivity index (χ0n) is 8.84. The minimum Gasteiger partial charge on any atom is -0.392 e. The van der Waals surface area contributed by atoms with Crippen molar-refractivity contribution in [2.45, 2.75) is 25.9 Å². The third-order valence-electron chi connectivity index (χ3n) is 1.98. The van der Waals surface area contributed by atoms with E-state index in [1.807, 2.05) is 0 Å². The van der Waals surface area contributed by atoms with Crippen molar-refractivity contribution < 1.29 is 31.8 Å². The first-order chi connectivity index (χ1) is 8.28. The number of hydrogen-bond acceptors (Lipinski definition) is 4. The van der Waals surface area contributed by atoms with E-state index in [1.54, 1.807) is 0 Å². The summed E-state index contributed by atoms with van der Waals surface area (Å²) < 4.78 is 64.6. The van der Waals surface area contributed by atoms with Crippen LogP contribution in [-0.2, 0) is 13.2 Å². The lowest BCUT2D eigenvalue weighted by molar-refractivity contribution is -0.276. The summed E-state index contributed by atoms with van der Waals surface area (Å²) in [5.41, 5.74) is 3.69. The number of hydrogen-bond donors (Lipinski definition) is 2. The summed E-state index contributed by atoms with van der Waals surface area (Å²) in [6.07, 6.45) is -8.19. The predicted molar refractivity (Wildman–Crippen MR) is 49.7 cm³/mol. The van der Waals surface area contributed by atoms with Crippen LogP contribution in [-0.4, -0.2) is 16.5 Å². The summed E-state index contributed by atoms with van der Waals surface area (Å²) in [4.78, 5) is 3.07. The lowest BCUT2D eigenvalue weighted by atomic mass is 10.1. The second kappa shape index (κ2) is 5.44. The molecule has 0 spiro atoms. The van der Waals surface area contributed by atoms with Gasteiger partial charge in [-0.05, 0) is 6.07 Å². The third-order valence-corrected chi connectivity index (χ3v) is 1.98. The fourth-order valence-corrected chi connectivity index (χ4v) is 1.26. The normalized spacial score (nSPS) is 12.0. The maximum Gasteiger partial charge on any atom is 0.574 e. The lowest BCUT2D eigenvalue weighted by Gasteiger charge is -2.14. The quantitative estimate of drug-likeness (QED) is 0.821. The minimum atomic E-state index is -5.06. The molecule has 0 bridgehead atoms. The number of ether oxygens (including phenoxy) is 1. The molecule has 0 unspecified atom stereocenters. The molecule has 1 heterocycles. The van der Waals surface area contributed by atoms with Gasteiger partial charge in [-0.3, -0.25) is 0 Å². The molecule has 3 N–H and O–H groups in total. The Hall–Kier alpha value is -1.48. The molecule has 0 aliphatic rings. The first kappa shape index (κ1) is 14.6. The summed E-state index contributed by atoms with van der Waals surface area (Å²) in [5.74, 6) is -1.03. The number of pyridine rings is 1. The number of halogens is 5. The Labute approximate surface area is 98.2 Å². The van der Waals surface area contributed by atoms with E-state index >= 15 is 0 Å². The van der Waals surface area contributed by atoms with Crippen molar-refractivity contribution >= 4 is 0 Å². The van der Waals surface area contributed by atoms with Crippen LogP contribution in [0.1, 0.15) is 23.2 Å². The van der Waals surface area contributed by atoms with Crippen molar-refractivity contribution in [3.8, 4) is 5.88 Å². The van der Waals surface area contributed by atoms with E-state index in [9.17, 15) is 22.0 Å². The molecule has 0 amide bonds. The van der Waals surface area contributed by atoms with Crippen molar-refractivity contribution in [1.82, 2.24) is 4.98 Å². The molecule has 0 saturated carbocycles. The minimum absolute atomic E-state index is 0.222.